The molecule has 0 radical (unpaired) electrons. The molecule has 13 heteroatoms. The van der Waals surface area contributed by atoms with Crippen LogP contribution in [0.5, 0.6) is 0 Å². The summed E-state index contributed by atoms with van der Waals surface area (Å²) in [4.78, 5) is 24.3. The Morgan fingerprint density at radius 2 is 2.23 bits per heavy atom. The molecular formula is C9H10FN2O9P. The molecule has 2 saturated heterocycles. The zero-order chi connectivity index (χ0) is 15.9. The second-order valence-electron chi connectivity index (χ2n) is 4.54. The van der Waals surface area contributed by atoms with Crippen molar-refractivity contribution in [3.63, 3.8) is 0 Å². The van der Waals surface area contributed by atoms with Gasteiger partial charge in [0, 0.05) is 6.42 Å². The van der Waals surface area contributed by atoms with E-state index in [0.717, 1.165) is 4.57 Å². The van der Waals surface area contributed by atoms with E-state index in [1.807, 2.05) is 0 Å². The summed E-state index contributed by atoms with van der Waals surface area (Å²) >= 11 is 0. The first-order valence-corrected chi connectivity index (χ1v) is 7.48. The first-order chi connectivity index (χ1) is 10.4. The molecular weight excluding hydrogens is 330 g/mol. The van der Waals surface area contributed by atoms with E-state index in [2.05, 4.69) is 14.4 Å². The third kappa shape index (κ3) is 2.90. The van der Waals surface area contributed by atoms with Crippen LogP contribution in [0.1, 0.15) is 12.6 Å². The standard InChI is InChI=1S/C9H10FN2O9P/c10-4-2-12(9(15)11-8(4)14)7-1-5(13)6(18-7)3-17-22(16)20-19-21-22/h2,5-7,13H,1,3H2,(H,11,14,15)/t5-,6+,7+/m0/s1. The lowest BCUT2D eigenvalue weighted by Gasteiger charge is -2.22. The summed E-state index contributed by atoms with van der Waals surface area (Å²) in [7, 11) is -3.78. The number of hydrogen-bond acceptors (Lipinski definition) is 9. The highest BCUT2D eigenvalue weighted by molar-refractivity contribution is 7.48. The maximum atomic E-state index is 13.2. The lowest BCUT2D eigenvalue weighted by atomic mass is 10.2. The largest absolute Gasteiger partial charge is 0.534 e. The zero-order valence-corrected chi connectivity index (χ0v) is 11.6. The van der Waals surface area contributed by atoms with Crippen molar-refractivity contribution in [2.45, 2.75) is 24.9 Å². The number of halogens is 1. The van der Waals surface area contributed by atoms with E-state index in [1.165, 1.54) is 0 Å². The van der Waals surface area contributed by atoms with Crippen LogP contribution < -0.4 is 11.2 Å². The van der Waals surface area contributed by atoms with Gasteiger partial charge in [-0.25, -0.2) is 9.36 Å². The molecule has 3 heterocycles. The Bertz CT molecular complexity index is 725. The van der Waals surface area contributed by atoms with Crippen LogP contribution in [0.15, 0.2) is 15.8 Å². The molecule has 3 rings (SSSR count). The zero-order valence-electron chi connectivity index (χ0n) is 10.7. The summed E-state index contributed by atoms with van der Waals surface area (Å²) in [5, 5.41) is 13.6. The number of aliphatic hydroxyl groups excluding tert-OH is 1. The van der Waals surface area contributed by atoms with Gasteiger partial charge in [-0.2, -0.15) is 4.39 Å². The van der Waals surface area contributed by atoms with Crippen LogP contribution in [0.3, 0.4) is 0 Å². The number of nitrogens with zero attached hydrogens (tertiary/aromatic N) is 1. The second kappa shape index (κ2) is 5.66. The molecule has 3 atom stereocenters. The SMILES string of the molecule is O=c1[nH]c(=O)n([C@H]2C[C@H](O)[C@@H](COP3(=O)OOO3)O2)cc1F. The van der Waals surface area contributed by atoms with Crippen molar-refractivity contribution in [1.82, 2.24) is 9.55 Å². The van der Waals surface area contributed by atoms with Crippen LogP contribution in [-0.2, 0) is 28.2 Å². The van der Waals surface area contributed by atoms with Gasteiger partial charge < -0.3 is 9.84 Å². The molecule has 0 aromatic carbocycles. The summed E-state index contributed by atoms with van der Waals surface area (Å²) < 4.78 is 43.7. The molecule has 0 aliphatic carbocycles. The fraction of sp³-hybridized carbons (Fsp3) is 0.556. The van der Waals surface area contributed by atoms with Gasteiger partial charge in [0.25, 0.3) is 5.56 Å². The molecule has 1 aromatic rings. The number of aliphatic hydroxyl groups is 1. The number of hydrogen-bond donors (Lipinski definition) is 2. The highest BCUT2D eigenvalue weighted by atomic mass is 31.2. The van der Waals surface area contributed by atoms with Crippen LogP contribution in [0.4, 0.5) is 4.39 Å². The molecule has 22 heavy (non-hydrogen) atoms. The molecule has 0 unspecified atom stereocenters. The van der Waals surface area contributed by atoms with Crippen molar-refractivity contribution in [1.29, 1.82) is 0 Å². The van der Waals surface area contributed by atoms with Crippen molar-refractivity contribution in [2.75, 3.05) is 6.61 Å². The lowest BCUT2D eigenvalue weighted by Crippen LogP contribution is -2.34. The summed E-state index contributed by atoms with van der Waals surface area (Å²) in [6.07, 6.45) is -2.47. The minimum atomic E-state index is -3.78. The van der Waals surface area contributed by atoms with E-state index in [4.69, 9.17) is 9.26 Å². The molecule has 2 fully saturated rings. The number of phosphoric acid groups is 1. The average Bonchev–Trinajstić information content (AvgIpc) is 2.79. The number of H-pyrrole nitrogens is 1. The number of rotatable bonds is 4. The maximum absolute atomic E-state index is 13.2. The molecule has 2 aliphatic heterocycles. The molecule has 11 nitrogen and oxygen atoms in total. The first kappa shape index (κ1) is 15.5. The molecule has 122 valence electrons. The minimum Gasteiger partial charge on any atom is -0.390 e. The smallest absolute Gasteiger partial charge is 0.390 e. The van der Waals surface area contributed by atoms with E-state index >= 15 is 0 Å². The Morgan fingerprint density at radius 3 is 2.86 bits per heavy atom. The normalized spacial score (nSPS) is 30.2. The third-order valence-corrected chi connectivity index (χ3v) is 4.03. The summed E-state index contributed by atoms with van der Waals surface area (Å²) in [6, 6.07) is 0. The Labute approximate surface area is 120 Å². The number of aromatic nitrogens is 2. The van der Waals surface area contributed by atoms with E-state index in [0.29, 0.717) is 6.20 Å². The Hall–Kier alpha value is -1.40. The first-order valence-electron chi connectivity index (χ1n) is 6.02. The number of ether oxygens (including phenoxy) is 1. The fourth-order valence-electron chi connectivity index (χ4n) is 2.00. The van der Waals surface area contributed by atoms with Gasteiger partial charge in [-0.1, -0.05) is 9.35 Å². The predicted octanol–water partition coefficient (Wildman–Crippen LogP) is -0.658. The second-order valence-corrected chi connectivity index (χ2v) is 5.99. The van der Waals surface area contributed by atoms with Gasteiger partial charge in [0.1, 0.15) is 12.3 Å². The van der Waals surface area contributed by atoms with Gasteiger partial charge in [0.15, 0.2) is 0 Å². The van der Waals surface area contributed by atoms with Gasteiger partial charge in [0.2, 0.25) is 5.82 Å². The van der Waals surface area contributed by atoms with E-state index in [9.17, 15) is 23.7 Å². The van der Waals surface area contributed by atoms with Gasteiger partial charge in [-0.3, -0.25) is 18.9 Å². The number of aromatic amines is 1. The van der Waals surface area contributed by atoms with Crippen molar-refractivity contribution in [3.05, 3.63) is 32.9 Å². The molecule has 2 aliphatic rings. The van der Waals surface area contributed by atoms with Crippen molar-refractivity contribution >= 4 is 7.82 Å². The Balaban J connectivity index is 1.70. The van der Waals surface area contributed by atoms with Crippen LogP contribution in [0, 0.1) is 5.82 Å². The van der Waals surface area contributed by atoms with Crippen LogP contribution in [0.25, 0.3) is 0 Å². The third-order valence-electron chi connectivity index (χ3n) is 3.08. The van der Waals surface area contributed by atoms with Crippen molar-refractivity contribution in [3.8, 4) is 0 Å². The summed E-state index contributed by atoms with van der Waals surface area (Å²) in [6.45, 7) is -0.376. The molecule has 0 saturated carbocycles. The molecule has 0 bridgehead atoms. The predicted molar refractivity (Wildman–Crippen MR) is 62.6 cm³/mol. The lowest BCUT2D eigenvalue weighted by molar-refractivity contribution is -0.499. The summed E-state index contributed by atoms with van der Waals surface area (Å²) in [5.74, 6) is -1.17. The van der Waals surface area contributed by atoms with Crippen LogP contribution in [-0.4, -0.2) is 33.5 Å². The summed E-state index contributed by atoms with van der Waals surface area (Å²) in [5.41, 5.74) is -2.05. The quantitative estimate of drug-likeness (QED) is 0.540. The Kier molecular flexibility index (Phi) is 3.99. The van der Waals surface area contributed by atoms with Gasteiger partial charge in [-0.05, 0) is 5.04 Å². The monoisotopic (exact) mass is 340 g/mol. The van der Waals surface area contributed by atoms with E-state index < -0.39 is 43.3 Å². The van der Waals surface area contributed by atoms with E-state index in [1.54, 1.807) is 4.98 Å². The molecule has 0 amide bonds. The van der Waals surface area contributed by atoms with Gasteiger partial charge >= 0.3 is 13.5 Å². The van der Waals surface area contributed by atoms with Gasteiger partial charge in [0.05, 0.1) is 18.9 Å². The minimum absolute atomic E-state index is 0.0675. The van der Waals surface area contributed by atoms with Crippen molar-refractivity contribution in [2.24, 2.45) is 0 Å². The number of nitrogens with one attached hydrogen (secondary N) is 1. The van der Waals surface area contributed by atoms with Gasteiger partial charge in [-0.15, -0.1) is 0 Å². The highest BCUT2D eigenvalue weighted by Gasteiger charge is 2.44. The highest BCUT2D eigenvalue weighted by Crippen LogP contribution is 2.57. The average molecular weight is 340 g/mol. The molecule has 0 spiro atoms. The Morgan fingerprint density at radius 1 is 1.50 bits per heavy atom. The molecule has 1 aromatic heterocycles. The fourth-order valence-corrected chi connectivity index (χ4v) is 2.57. The van der Waals surface area contributed by atoms with Crippen LogP contribution >= 0.6 is 7.82 Å². The van der Waals surface area contributed by atoms with E-state index in [-0.39, 0.29) is 13.0 Å². The van der Waals surface area contributed by atoms with Crippen molar-refractivity contribution < 1.29 is 37.7 Å². The molecule has 2 N–H and O–H groups in total. The topological polar surface area (TPSA) is 138 Å². The van der Waals surface area contributed by atoms with Crippen LogP contribution in [0.2, 0.25) is 0 Å². The maximum Gasteiger partial charge on any atom is 0.534 e.